The highest BCUT2D eigenvalue weighted by Gasteiger charge is 2.67. The van der Waals surface area contributed by atoms with E-state index in [1.807, 2.05) is 91.9 Å². The number of fused-ring (bicyclic) bond motifs is 2. The molecule has 254 valence electrons. The number of hydrogen-bond acceptors (Lipinski definition) is 7. The van der Waals surface area contributed by atoms with Crippen LogP contribution in [0.3, 0.4) is 0 Å². The third kappa shape index (κ3) is 6.02. The number of nitrogens with zero attached hydrogens (tertiary/aromatic N) is 3. The van der Waals surface area contributed by atoms with E-state index < -0.39 is 30.6 Å². The van der Waals surface area contributed by atoms with E-state index in [0.29, 0.717) is 23.5 Å². The van der Waals surface area contributed by atoms with E-state index in [-0.39, 0.29) is 42.6 Å². The van der Waals surface area contributed by atoms with Crippen molar-refractivity contribution in [3.63, 3.8) is 0 Å². The summed E-state index contributed by atoms with van der Waals surface area (Å²) < 4.78 is 12.5. The van der Waals surface area contributed by atoms with Gasteiger partial charge in [-0.3, -0.25) is 24.6 Å². The van der Waals surface area contributed by atoms with Crippen LogP contribution in [0.25, 0.3) is 0 Å². The lowest BCUT2D eigenvalue weighted by Crippen LogP contribution is -2.52. The van der Waals surface area contributed by atoms with Crippen LogP contribution in [0.2, 0.25) is 18.6 Å². The van der Waals surface area contributed by atoms with Gasteiger partial charge in [0.15, 0.2) is 5.60 Å². The lowest BCUT2D eigenvalue weighted by atomic mass is 9.82. The third-order valence-electron chi connectivity index (χ3n) is 10.3. The Bertz CT molecular complexity index is 1840. The zero-order valence-electron chi connectivity index (χ0n) is 28.1. The molecule has 4 aromatic rings. The molecule has 49 heavy (non-hydrogen) atoms. The number of ether oxygens (including phenoxy) is 2. The summed E-state index contributed by atoms with van der Waals surface area (Å²) in [5.41, 5.74) is 0.519. The Hall–Kier alpha value is -4.84. The van der Waals surface area contributed by atoms with Crippen molar-refractivity contribution in [1.82, 2.24) is 4.90 Å². The third-order valence-corrected chi connectivity index (χ3v) is 14.6. The Morgan fingerprint density at radius 1 is 1.02 bits per heavy atom. The molecule has 10 nitrogen and oxygen atoms in total. The van der Waals surface area contributed by atoms with Crippen molar-refractivity contribution in [2.45, 2.75) is 50.2 Å². The van der Waals surface area contributed by atoms with Crippen molar-refractivity contribution in [3.05, 3.63) is 124 Å². The predicted octanol–water partition coefficient (Wildman–Crippen LogP) is 5.91. The number of para-hydroxylation sites is 1. The number of aliphatic hydroxyl groups is 1. The molecule has 11 heteroatoms. The summed E-state index contributed by atoms with van der Waals surface area (Å²) in [4.78, 5) is 44.0. The largest absolute Gasteiger partial charge is 0.497 e. The van der Waals surface area contributed by atoms with Gasteiger partial charge in [-0.2, -0.15) is 0 Å². The van der Waals surface area contributed by atoms with Gasteiger partial charge in [0.1, 0.15) is 5.75 Å². The average Bonchev–Trinajstić information content (AvgIpc) is 3.54. The fraction of sp³-hybridized carbons (Fsp3) is 0.316. The molecule has 1 spiro atoms. The van der Waals surface area contributed by atoms with E-state index in [1.165, 1.54) is 12.1 Å². The molecule has 0 bridgehead atoms. The van der Waals surface area contributed by atoms with E-state index in [0.717, 1.165) is 16.5 Å². The number of carbonyl (C=O) groups is 2. The average molecular weight is 680 g/mol. The van der Waals surface area contributed by atoms with Gasteiger partial charge in [0.25, 0.3) is 11.6 Å². The van der Waals surface area contributed by atoms with Gasteiger partial charge in [-0.05, 0) is 41.4 Å². The topological polar surface area (TPSA) is 122 Å². The molecule has 4 atom stereocenters. The molecule has 0 saturated carbocycles. The summed E-state index contributed by atoms with van der Waals surface area (Å²) in [5, 5.41) is 23.1. The number of aliphatic hydroxyl groups excluding tert-OH is 1. The van der Waals surface area contributed by atoms with Gasteiger partial charge >= 0.3 is 0 Å². The number of rotatable bonds is 11. The van der Waals surface area contributed by atoms with Gasteiger partial charge in [-0.15, -0.1) is 0 Å². The lowest BCUT2D eigenvalue weighted by Gasteiger charge is -2.37. The van der Waals surface area contributed by atoms with Crippen molar-refractivity contribution < 1.29 is 29.1 Å². The van der Waals surface area contributed by atoms with Crippen molar-refractivity contribution in [2.24, 2.45) is 5.92 Å². The van der Waals surface area contributed by atoms with Crippen LogP contribution in [0.4, 0.5) is 17.1 Å². The second-order valence-electron chi connectivity index (χ2n) is 13.3. The minimum atomic E-state index is -2.59. The molecule has 2 heterocycles. The monoisotopic (exact) mass is 679 g/mol. The van der Waals surface area contributed by atoms with Gasteiger partial charge < -0.3 is 19.5 Å². The normalized spacial score (nSPS) is 21.5. The molecule has 0 radical (unpaired) electrons. The standard InChI is InChI=1S/C38H41N3O7Si/c1-26-36(49(3,4)31-18-16-30(47-2)17-19-31)34(24-35(43)39(21-22-42)25-27-11-7-5-8-12-27)48-38(26)32-23-29(41(45)46)15-20-33(32)40(37(38)44)28-13-9-6-10-14-28/h5-20,23,26,34,36,42H,21-22,24-25H2,1-4H3/t26-,34+,36-,38+/m1/s1. The summed E-state index contributed by atoms with van der Waals surface area (Å²) in [6.07, 6.45) is -0.728. The highest BCUT2D eigenvalue weighted by molar-refractivity contribution is 6.91. The van der Waals surface area contributed by atoms with Crippen LogP contribution in [0, 0.1) is 16.0 Å². The first-order valence-electron chi connectivity index (χ1n) is 16.5. The molecule has 0 aromatic heterocycles. The van der Waals surface area contributed by atoms with Crippen molar-refractivity contribution >= 4 is 42.1 Å². The first-order chi connectivity index (χ1) is 23.5. The van der Waals surface area contributed by atoms with Crippen LogP contribution in [0.15, 0.2) is 103 Å². The van der Waals surface area contributed by atoms with Crippen LogP contribution < -0.4 is 14.8 Å². The van der Waals surface area contributed by atoms with E-state index in [2.05, 4.69) is 13.1 Å². The highest BCUT2D eigenvalue weighted by Crippen LogP contribution is 2.61. The molecule has 1 N–H and O–H groups in total. The molecule has 1 saturated heterocycles. The number of nitro benzene ring substituents is 1. The fourth-order valence-electron chi connectivity index (χ4n) is 7.89. The maximum atomic E-state index is 15.0. The Morgan fingerprint density at radius 3 is 2.29 bits per heavy atom. The summed E-state index contributed by atoms with van der Waals surface area (Å²) in [6, 6.07) is 31.2. The van der Waals surface area contributed by atoms with E-state index in [4.69, 9.17) is 9.47 Å². The molecule has 4 aromatic carbocycles. The number of amides is 2. The van der Waals surface area contributed by atoms with Crippen LogP contribution in [0.5, 0.6) is 5.75 Å². The van der Waals surface area contributed by atoms with Crippen molar-refractivity contribution in [2.75, 3.05) is 25.2 Å². The second-order valence-corrected chi connectivity index (χ2v) is 18.0. The van der Waals surface area contributed by atoms with Gasteiger partial charge in [0.2, 0.25) is 5.91 Å². The summed E-state index contributed by atoms with van der Waals surface area (Å²) >= 11 is 0. The summed E-state index contributed by atoms with van der Waals surface area (Å²) in [6.45, 7) is 6.66. The number of carbonyl (C=O) groups excluding carboxylic acids is 2. The minimum Gasteiger partial charge on any atom is -0.497 e. The van der Waals surface area contributed by atoms with Crippen molar-refractivity contribution in [1.29, 1.82) is 0 Å². The molecule has 0 aliphatic carbocycles. The minimum absolute atomic E-state index is 0.0287. The van der Waals surface area contributed by atoms with Crippen LogP contribution in [-0.4, -0.2) is 61.2 Å². The van der Waals surface area contributed by atoms with E-state index in [1.54, 1.807) is 23.0 Å². The first-order valence-corrected chi connectivity index (χ1v) is 19.5. The van der Waals surface area contributed by atoms with Gasteiger partial charge in [0.05, 0.1) is 44.9 Å². The number of methoxy groups -OCH3 is 1. The van der Waals surface area contributed by atoms with Crippen molar-refractivity contribution in [3.8, 4) is 5.75 Å². The maximum Gasteiger partial charge on any atom is 0.269 e. The number of non-ortho nitro benzene ring substituents is 1. The zero-order chi connectivity index (χ0) is 34.9. The van der Waals surface area contributed by atoms with E-state index >= 15 is 0 Å². The molecular formula is C38H41N3O7Si. The molecule has 2 aliphatic rings. The quantitative estimate of drug-likeness (QED) is 0.119. The predicted molar refractivity (Wildman–Crippen MR) is 190 cm³/mol. The van der Waals surface area contributed by atoms with Gasteiger partial charge in [-0.1, -0.05) is 85.9 Å². The molecule has 6 rings (SSSR count). The Labute approximate surface area is 287 Å². The number of nitro groups is 1. The Balaban J connectivity index is 1.48. The van der Waals surface area contributed by atoms with Crippen LogP contribution in [-0.2, 0) is 26.5 Å². The Morgan fingerprint density at radius 2 is 1.67 bits per heavy atom. The number of anilines is 2. The maximum absolute atomic E-state index is 15.0. The molecular weight excluding hydrogens is 639 g/mol. The first kappa shape index (κ1) is 34.0. The molecule has 0 unspecified atom stereocenters. The SMILES string of the molecule is COc1ccc([Si](C)(C)[C@H]2[C@H](CC(=O)N(CCO)Cc3ccccc3)O[C@@]3(C(=O)N(c4ccccc4)c4ccc([N+](=O)[O-])cc43)[C@@H]2C)cc1. The number of hydrogen-bond donors (Lipinski definition) is 1. The second kappa shape index (κ2) is 13.6. The Kier molecular flexibility index (Phi) is 9.43. The smallest absolute Gasteiger partial charge is 0.269 e. The van der Waals surface area contributed by atoms with E-state index in [9.17, 15) is 24.8 Å². The van der Waals surface area contributed by atoms with Crippen LogP contribution >= 0.6 is 0 Å². The fourth-order valence-corrected chi connectivity index (χ4v) is 11.9. The zero-order valence-corrected chi connectivity index (χ0v) is 29.1. The molecule has 2 aliphatic heterocycles. The molecule has 1 fully saturated rings. The highest BCUT2D eigenvalue weighted by atomic mass is 28.3. The summed E-state index contributed by atoms with van der Waals surface area (Å²) in [5.74, 6) is -0.283. The summed E-state index contributed by atoms with van der Waals surface area (Å²) in [7, 11) is -0.974. The van der Waals surface area contributed by atoms with Gasteiger partial charge in [-0.25, -0.2) is 0 Å². The van der Waals surface area contributed by atoms with Crippen LogP contribution in [0.1, 0.15) is 24.5 Å². The molecule has 2 amide bonds. The van der Waals surface area contributed by atoms with Gasteiger partial charge in [0, 0.05) is 42.4 Å². The number of benzene rings is 4. The lowest BCUT2D eigenvalue weighted by molar-refractivity contribution is -0.385.